The summed E-state index contributed by atoms with van der Waals surface area (Å²) in [5, 5.41) is 20.6. The Kier molecular flexibility index (Phi) is 4.28. The molecule has 1 aliphatic heterocycles. The van der Waals surface area contributed by atoms with Crippen LogP contribution in [0, 0.1) is 0 Å². The number of benzene rings is 1. The Balaban J connectivity index is 1.76. The molecule has 2 unspecified atom stereocenters. The van der Waals surface area contributed by atoms with E-state index in [4.69, 9.17) is 4.42 Å². The van der Waals surface area contributed by atoms with Crippen LogP contribution in [-0.2, 0) is 0 Å². The molecule has 6 heteroatoms. The first kappa shape index (κ1) is 14.2. The van der Waals surface area contributed by atoms with Gasteiger partial charge in [-0.25, -0.2) is 0 Å². The fraction of sp³-hybridized carbons (Fsp3) is 0.467. The van der Waals surface area contributed by atoms with E-state index in [2.05, 4.69) is 32.5 Å². The largest absolute Gasteiger partial charge is 0.423 e. The number of aliphatic hydroxyl groups is 1. The molecule has 1 aromatic heterocycles. The monoisotopic (exact) mass is 288 g/mol. The zero-order valence-electron chi connectivity index (χ0n) is 12.1. The van der Waals surface area contributed by atoms with Gasteiger partial charge < -0.3 is 14.8 Å². The van der Waals surface area contributed by atoms with Gasteiger partial charge in [0.1, 0.15) is 0 Å². The van der Waals surface area contributed by atoms with Gasteiger partial charge in [-0.3, -0.25) is 4.90 Å². The lowest BCUT2D eigenvalue weighted by molar-refractivity contribution is 0.173. The van der Waals surface area contributed by atoms with Gasteiger partial charge in [-0.15, -0.1) is 10.2 Å². The predicted octanol–water partition coefficient (Wildman–Crippen LogP) is 1.06. The fourth-order valence-electron chi connectivity index (χ4n) is 2.79. The molecular formula is C15H20N4O2. The van der Waals surface area contributed by atoms with Crippen LogP contribution < -0.4 is 5.32 Å². The molecule has 2 heterocycles. The van der Waals surface area contributed by atoms with E-state index < -0.39 is 0 Å². The Morgan fingerprint density at radius 3 is 3.10 bits per heavy atom. The summed E-state index contributed by atoms with van der Waals surface area (Å²) in [7, 11) is 1.95. The van der Waals surface area contributed by atoms with Crippen LogP contribution in [0.2, 0.25) is 0 Å². The minimum Gasteiger partial charge on any atom is -0.423 e. The number of β-amino-alcohol motifs (C(OH)–C–C–N with tert-alkyl or cyclic N) is 1. The molecule has 2 aromatic rings. The Morgan fingerprint density at radius 1 is 1.52 bits per heavy atom. The zero-order valence-corrected chi connectivity index (χ0v) is 12.1. The second-order valence-electron chi connectivity index (χ2n) is 5.41. The van der Waals surface area contributed by atoms with Crippen LogP contribution in [0.25, 0.3) is 11.5 Å². The van der Waals surface area contributed by atoms with Crippen molar-refractivity contribution in [2.75, 3.05) is 26.7 Å². The third-order valence-corrected chi connectivity index (χ3v) is 3.93. The van der Waals surface area contributed by atoms with Gasteiger partial charge in [-0.1, -0.05) is 12.1 Å². The van der Waals surface area contributed by atoms with E-state index in [9.17, 15) is 5.11 Å². The first-order valence-corrected chi connectivity index (χ1v) is 7.20. The fourth-order valence-corrected chi connectivity index (χ4v) is 2.79. The van der Waals surface area contributed by atoms with E-state index in [0.717, 1.165) is 31.6 Å². The van der Waals surface area contributed by atoms with Crippen LogP contribution in [-0.4, -0.2) is 53.0 Å². The van der Waals surface area contributed by atoms with Gasteiger partial charge in [-0.05, 0) is 31.2 Å². The lowest BCUT2D eigenvalue weighted by Gasteiger charge is -2.23. The number of hydrogen-bond acceptors (Lipinski definition) is 6. The van der Waals surface area contributed by atoms with Crippen molar-refractivity contribution in [1.29, 1.82) is 0 Å². The van der Waals surface area contributed by atoms with Crippen molar-refractivity contribution in [3.8, 4) is 11.5 Å². The molecule has 0 saturated carbocycles. The van der Waals surface area contributed by atoms with E-state index in [0.29, 0.717) is 5.89 Å². The van der Waals surface area contributed by atoms with Crippen LogP contribution in [0.4, 0.5) is 0 Å². The first-order valence-electron chi connectivity index (χ1n) is 7.20. The topological polar surface area (TPSA) is 74.4 Å². The molecule has 1 aliphatic rings. The molecule has 0 aliphatic carbocycles. The molecule has 21 heavy (non-hydrogen) atoms. The van der Waals surface area contributed by atoms with Crippen LogP contribution in [0.5, 0.6) is 0 Å². The van der Waals surface area contributed by atoms with Crippen molar-refractivity contribution in [2.45, 2.75) is 18.6 Å². The Morgan fingerprint density at radius 2 is 2.43 bits per heavy atom. The van der Waals surface area contributed by atoms with Crippen molar-refractivity contribution >= 4 is 0 Å². The summed E-state index contributed by atoms with van der Waals surface area (Å²) in [6.07, 6.45) is 2.01. The molecule has 2 N–H and O–H groups in total. The number of nitrogens with one attached hydrogen (secondary N) is 1. The highest BCUT2D eigenvalue weighted by molar-refractivity contribution is 5.54. The number of aliphatic hydroxyl groups excluding tert-OH is 1. The smallest absolute Gasteiger partial charge is 0.247 e. The molecule has 112 valence electrons. The molecule has 1 aromatic carbocycles. The Hall–Kier alpha value is -1.76. The quantitative estimate of drug-likeness (QED) is 0.857. The van der Waals surface area contributed by atoms with E-state index in [-0.39, 0.29) is 12.1 Å². The normalized spacial score (nSPS) is 20.8. The van der Waals surface area contributed by atoms with Crippen LogP contribution in [0.15, 0.2) is 35.1 Å². The first-order chi connectivity index (χ1) is 10.3. The van der Waals surface area contributed by atoms with Gasteiger partial charge in [0.2, 0.25) is 12.3 Å². The summed E-state index contributed by atoms with van der Waals surface area (Å²) < 4.78 is 5.25. The zero-order chi connectivity index (χ0) is 14.7. The van der Waals surface area contributed by atoms with E-state index >= 15 is 0 Å². The van der Waals surface area contributed by atoms with E-state index in [1.54, 1.807) is 0 Å². The molecule has 6 nitrogen and oxygen atoms in total. The van der Waals surface area contributed by atoms with Gasteiger partial charge in [0.25, 0.3) is 0 Å². The summed E-state index contributed by atoms with van der Waals surface area (Å²) >= 11 is 0. The molecule has 0 bridgehead atoms. The highest BCUT2D eigenvalue weighted by Gasteiger charge is 2.23. The minimum absolute atomic E-state index is 0.188. The SMILES string of the molecule is CNC(CN1CCC(O)C1)c1cccc(-c2nnco2)c1. The number of rotatable bonds is 5. The Bertz CT molecular complexity index is 573. The van der Waals surface area contributed by atoms with Crippen molar-refractivity contribution in [3.05, 3.63) is 36.2 Å². The Labute approximate surface area is 123 Å². The molecule has 1 saturated heterocycles. The number of aromatic nitrogens is 2. The highest BCUT2D eigenvalue weighted by atomic mass is 16.4. The average Bonchev–Trinajstić information content (AvgIpc) is 3.16. The predicted molar refractivity (Wildman–Crippen MR) is 78.6 cm³/mol. The highest BCUT2D eigenvalue weighted by Crippen LogP contribution is 2.23. The molecule has 1 fully saturated rings. The van der Waals surface area contributed by atoms with Gasteiger partial charge in [0.05, 0.1) is 6.10 Å². The van der Waals surface area contributed by atoms with Crippen molar-refractivity contribution in [2.24, 2.45) is 0 Å². The molecular weight excluding hydrogens is 268 g/mol. The molecule has 0 amide bonds. The standard InChI is InChI=1S/C15H20N4O2/c1-16-14(9-19-6-5-13(20)8-19)11-3-2-4-12(7-11)15-18-17-10-21-15/h2-4,7,10,13-14,16,20H,5-6,8-9H2,1H3. The van der Waals surface area contributed by atoms with Gasteiger partial charge in [-0.2, -0.15) is 0 Å². The van der Waals surface area contributed by atoms with Gasteiger partial charge in [0, 0.05) is 31.2 Å². The van der Waals surface area contributed by atoms with Crippen molar-refractivity contribution in [1.82, 2.24) is 20.4 Å². The maximum Gasteiger partial charge on any atom is 0.247 e. The van der Waals surface area contributed by atoms with Crippen LogP contribution in [0.1, 0.15) is 18.0 Å². The molecule has 0 radical (unpaired) electrons. The van der Waals surface area contributed by atoms with Crippen molar-refractivity contribution < 1.29 is 9.52 Å². The summed E-state index contributed by atoms with van der Waals surface area (Å²) in [5.74, 6) is 0.531. The summed E-state index contributed by atoms with van der Waals surface area (Å²) in [4.78, 5) is 2.28. The summed E-state index contributed by atoms with van der Waals surface area (Å²) in [6.45, 7) is 2.57. The second-order valence-corrected chi connectivity index (χ2v) is 5.41. The maximum absolute atomic E-state index is 9.64. The number of likely N-dealkylation sites (N-methyl/N-ethyl adjacent to an activating group) is 1. The summed E-state index contributed by atoms with van der Waals surface area (Å²) in [5.41, 5.74) is 2.10. The molecule has 2 atom stereocenters. The number of hydrogen-bond donors (Lipinski definition) is 2. The number of likely N-dealkylation sites (tertiary alicyclic amines) is 1. The second kappa shape index (κ2) is 6.34. The summed E-state index contributed by atoms with van der Waals surface area (Å²) in [6, 6.07) is 8.33. The van der Waals surface area contributed by atoms with Crippen molar-refractivity contribution in [3.63, 3.8) is 0 Å². The third-order valence-electron chi connectivity index (χ3n) is 3.93. The lowest BCUT2D eigenvalue weighted by Crippen LogP contribution is -2.33. The maximum atomic E-state index is 9.64. The van der Waals surface area contributed by atoms with Crippen LogP contribution in [0.3, 0.4) is 0 Å². The van der Waals surface area contributed by atoms with Gasteiger partial charge in [0.15, 0.2) is 0 Å². The average molecular weight is 288 g/mol. The van der Waals surface area contributed by atoms with E-state index in [1.807, 2.05) is 19.2 Å². The molecule has 3 rings (SSSR count). The van der Waals surface area contributed by atoms with E-state index in [1.165, 1.54) is 12.0 Å². The molecule has 0 spiro atoms. The third kappa shape index (κ3) is 3.29. The number of nitrogens with zero attached hydrogens (tertiary/aromatic N) is 3. The van der Waals surface area contributed by atoms with Crippen LogP contribution >= 0.6 is 0 Å². The lowest BCUT2D eigenvalue weighted by atomic mass is 10.0. The van der Waals surface area contributed by atoms with Gasteiger partial charge >= 0.3 is 0 Å². The minimum atomic E-state index is -0.188.